The number of amides is 1. The number of likely N-dealkylation sites (tertiary alicyclic amines) is 1. The van der Waals surface area contributed by atoms with E-state index in [-0.39, 0.29) is 5.92 Å². The second-order valence-electron chi connectivity index (χ2n) is 6.57. The first-order valence-corrected chi connectivity index (χ1v) is 7.92. The van der Waals surface area contributed by atoms with Crippen molar-refractivity contribution in [2.45, 2.75) is 39.5 Å². The second-order valence-corrected chi connectivity index (χ2v) is 6.57. The van der Waals surface area contributed by atoms with E-state index in [0.717, 1.165) is 25.9 Å². The molecule has 1 saturated heterocycles. The minimum atomic E-state index is 0.109. The normalized spacial score (nSPS) is 16.9. The molecule has 112 valence electrons. The monoisotopic (exact) mass is 284 g/mol. The van der Waals surface area contributed by atoms with Crippen molar-refractivity contribution in [2.75, 3.05) is 13.1 Å². The molecule has 0 atom stereocenters. The molecule has 0 saturated carbocycles. The van der Waals surface area contributed by atoms with Crippen LogP contribution in [0, 0.1) is 12.8 Å². The van der Waals surface area contributed by atoms with E-state index in [1.165, 1.54) is 22.2 Å². The van der Waals surface area contributed by atoms with Crippen LogP contribution in [-0.2, 0) is 4.79 Å². The van der Waals surface area contributed by atoms with Crippen molar-refractivity contribution in [3.8, 4) is 0 Å². The average molecular weight is 284 g/mol. The van der Waals surface area contributed by atoms with Crippen molar-refractivity contribution in [3.63, 3.8) is 0 Å². The minimum Gasteiger partial charge on any atom is -0.358 e. The minimum absolute atomic E-state index is 0.109. The number of hydrogen-bond donors (Lipinski definition) is 1. The van der Waals surface area contributed by atoms with Gasteiger partial charge in [0.2, 0.25) is 5.91 Å². The van der Waals surface area contributed by atoms with Gasteiger partial charge >= 0.3 is 0 Å². The van der Waals surface area contributed by atoms with Crippen molar-refractivity contribution in [1.82, 2.24) is 9.88 Å². The Bertz CT molecular complexity index is 648. The summed E-state index contributed by atoms with van der Waals surface area (Å²) in [7, 11) is 0. The number of aryl methyl sites for hydroxylation is 1. The van der Waals surface area contributed by atoms with Gasteiger partial charge in [-0.1, -0.05) is 25.5 Å². The Morgan fingerprint density at radius 3 is 2.62 bits per heavy atom. The number of carbonyl (C=O) groups is 1. The maximum absolute atomic E-state index is 12.0. The molecule has 1 aliphatic heterocycles. The molecular weight excluding hydrogens is 260 g/mol. The molecule has 0 bridgehead atoms. The van der Waals surface area contributed by atoms with Crippen LogP contribution in [0.25, 0.3) is 10.9 Å². The van der Waals surface area contributed by atoms with Crippen LogP contribution in [0.3, 0.4) is 0 Å². The molecule has 3 heteroatoms. The van der Waals surface area contributed by atoms with Gasteiger partial charge in [-0.25, -0.2) is 0 Å². The van der Waals surface area contributed by atoms with Gasteiger partial charge in [-0.15, -0.1) is 0 Å². The Hall–Kier alpha value is -1.77. The Kier molecular flexibility index (Phi) is 3.75. The van der Waals surface area contributed by atoms with Gasteiger partial charge in [0.25, 0.3) is 0 Å². The fourth-order valence-electron chi connectivity index (χ4n) is 3.27. The molecule has 3 rings (SSSR count). The molecule has 1 fully saturated rings. The topological polar surface area (TPSA) is 36.1 Å². The van der Waals surface area contributed by atoms with E-state index < -0.39 is 0 Å². The molecule has 3 nitrogen and oxygen atoms in total. The van der Waals surface area contributed by atoms with Crippen LogP contribution in [0.5, 0.6) is 0 Å². The number of nitrogens with zero attached hydrogens (tertiary/aromatic N) is 1. The number of rotatable bonds is 2. The maximum Gasteiger partial charge on any atom is 0.225 e. The summed E-state index contributed by atoms with van der Waals surface area (Å²) in [6.45, 7) is 7.86. The van der Waals surface area contributed by atoms with Crippen LogP contribution in [0.15, 0.2) is 24.3 Å². The van der Waals surface area contributed by atoms with Gasteiger partial charge in [-0.05, 0) is 43.4 Å². The molecule has 0 aliphatic carbocycles. The summed E-state index contributed by atoms with van der Waals surface area (Å²) in [4.78, 5) is 17.6. The zero-order chi connectivity index (χ0) is 15.0. The summed E-state index contributed by atoms with van der Waals surface area (Å²) < 4.78 is 0. The summed E-state index contributed by atoms with van der Waals surface area (Å²) >= 11 is 0. The molecule has 0 radical (unpaired) electrons. The van der Waals surface area contributed by atoms with Crippen molar-refractivity contribution in [2.24, 2.45) is 5.92 Å². The fraction of sp³-hybridized carbons (Fsp3) is 0.500. The summed E-state index contributed by atoms with van der Waals surface area (Å²) in [5.41, 5.74) is 3.84. The largest absolute Gasteiger partial charge is 0.358 e. The smallest absolute Gasteiger partial charge is 0.225 e. The van der Waals surface area contributed by atoms with Gasteiger partial charge in [0, 0.05) is 36.1 Å². The quantitative estimate of drug-likeness (QED) is 0.893. The number of carbonyl (C=O) groups excluding carboxylic acids is 1. The standard InChI is InChI=1S/C18H24N2O/c1-12(2)18(21)20-8-6-14(7-9-20)17-11-15-10-13(3)4-5-16(15)19-17/h4-5,10-12,14,19H,6-9H2,1-3H3. The van der Waals surface area contributed by atoms with E-state index in [2.05, 4.69) is 36.2 Å². The highest BCUT2D eigenvalue weighted by molar-refractivity contribution is 5.81. The van der Waals surface area contributed by atoms with Crippen LogP contribution < -0.4 is 0 Å². The first-order valence-electron chi connectivity index (χ1n) is 7.92. The SMILES string of the molecule is Cc1ccc2[nH]c(C3CCN(C(=O)C(C)C)CC3)cc2c1. The van der Waals surface area contributed by atoms with Gasteiger partial charge in [-0.3, -0.25) is 4.79 Å². The summed E-state index contributed by atoms with van der Waals surface area (Å²) in [5, 5.41) is 1.30. The van der Waals surface area contributed by atoms with E-state index >= 15 is 0 Å². The molecule has 1 aromatic heterocycles. The molecule has 2 heterocycles. The molecule has 0 spiro atoms. The molecule has 1 aromatic carbocycles. The Labute approximate surface area is 126 Å². The Morgan fingerprint density at radius 1 is 1.24 bits per heavy atom. The number of benzene rings is 1. The van der Waals surface area contributed by atoms with Gasteiger partial charge in [0.15, 0.2) is 0 Å². The highest BCUT2D eigenvalue weighted by Crippen LogP contribution is 2.30. The van der Waals surface area contributed by atoms with Gasteiger partial charge in [0.1, 0.15) is 0 Å². The lowest BCUT2D eigenvalue weighted by atomic mass is 9.93. The van der Waals surface area contributed by atoms with Crippen molar-refractivity contribution >= 4 is 16.8 Å². The Morgan fingerprint density at radius 2 is 1.95 bits per heavy atom. The molecule has 1 amide bonds. The van der Waals surface area contributed by atoms with Crippen LogP contribution in [0.4, 0.5) is 0 Å². The van der Waals surface area contributed by atoms with Crippen LogP contribution >= 0.6 is 0 Å². The van der Waals surface area contributed by atoms with E-state index in [0.29, 0.717) is 11.8 Å². The summed E-state index contributed by atoms with van der Waals surface area (Å²) in [5.74, 6) is 0.951. The fourth-order valence-corrected chi connectivity index (χ4v) is 3.27. The van der Waals surface area contributed by atoms with Crippen LogP contribution in [-0.4, -0.2) is 28.9 Å². The number of nitrogens with one attached hydrogen (secondary N) is 1. The lowest BCUT2D eigenvalue weighted by molar-refractivity contribution is -0.135. The number of aromatic nitrogens is 1. The van der Waals surface area contributed by atoms with Gasteiger partial charge in [0.05, 0.1) is 0 Å². The van der Waals surface area contributed by atoms with E-state index in [1.807, 2.05) is 18.7 Å². The molecule has 1 aliphatic rings. The zero-order valence-corrected chi connectivity index (χ0v) is 13.1. The lowest BCUT2D eigenvalue weighted by Gasteiger charge is -2.32. The number of piperidine rings is 1. The lowest BCUT2D eigenvalue weighted by Crippen LogP contribution is -2.40. The predicted molar refractivity (Wildman–Crippen MR) is 86.4 cm³/mol. The van der Waals surface area contributed by atoms with Crippen LogP contribution in [0.1, 0.15) is 43.9 Å². The second kappa shape index (κ2) is 5.55. The molecule has 0 unspecified atom stereocenters. The van der Waals surface area contributed by atoms with Gasteiger partial charge in [-0.2, -0.15) is 0 Å². The third kappa shape index (κ3) is 2.82. The van der Waals surface area contributed by atoms with Crippen molar-refractivity contribution in [1.29, 1.82) is 0 Å². The molecule has 2 aromatic rings. The third-order valence-corrected chi connectivity index (χ3v) is 4.54. The number of hydrogen-bond acceptors (Lipinski definition) is 1. The molecule has 1 N–H and O–H groups in total. The van der Waals surface area contributed by atoms with E-state index in [1.54, 1.807) is 0 Å². The average Bonchev–Trinajstić information content (AvgIpc) is 2.89. The maximum atomic E-state index is 12.0. The number of aromatic amines is 1. The zero-order valence-electron chi connectivity index (χ0n) is 13.1. The first-order chi connectivity index (χ1) is 10.0. The first kappa shape index (κ1) is 14.2. The van der Waals surface area contributed by atoms with Crippen molar-refractivity contribution < 1.29 is 4.79 Å². The summed E-state index contributed by atoms with van der Waals surface area (Å²) in [6.07, 6.45) is 2.12. The Balaban J connectivity index is 1.72. The van der Waals surface area contributed by atoms with Crippen molar-refractivity contribution in [3.05, 3.63) is 35.5 Å². The van der Waals surface area contributed by atoms with E-state index in [9.17, 15) is 4.79 Å². The van der Waals surface area contributed by atoms with Gasteiger partial charge < -0.3 is 9.88 Å². The number of fused-ring (bicyclic) bond motifs is 1. The third-order valence-electron chi connectivity index (χ3n) is 4.54. The highest BCUT2D eigenvalue weighted by atomic mass is 16.2. The van der Waals surface area contributed by atoms with E-state index in [4.69, 9.17) is 0 Å². The van der Waals surface area contributed by atoms with Crippen LogP contribution in [0.2, 0.25) is 0 Å². The predicted octanol–water partition coefficient (Wildman–Crippen LogP) is 3.84. The summed E-state index contributed by atoms with van der Waals surface area (Å²) in [6, 6.07) is 8.82. The molecular formula is C18H24N2O. The number of H-pyrrole nitrogens is 1. The molecule has 21 heavy (non-hydrogen) atoms. The highest BCUT2D eigenvalue weighted by Gasteiger charge is 2.25.